The summed E-state index contributed by atoms with van der Waals surface area (Å²) in [6.07, 6.45) is 0. The molecule has 2 aromatic heterocycles. The van der Waals surface area contributed by atoms with Gasteiger partial charge in [-0.1, -0.05) is 24.3 Å². The molecule has 1 unspecified atom stereocenters. The van der Waals surface area contributed by atoms with Crippen molar-refractivity contribution < 1.29 is 0 Å². The van der Waals surface area contributed by atoms with E-state index in [1.165, 1.54) is 0 Å². The van der Waals surface area contributed by atoms with Gasteiger partial charge in [0.05, 0.1) is 11.7 Å². The fourth-order valence-electron chi connectivity index (χ4n) is 2.04. The topological polar surface area (TPSA) is 69.1 Å². The van der Waals surface area contributed by atoms with E-state index in [9.17, 15) is 0 Å². The van der Waals surface area contributed by atoms with Crippen molar-refractivity contribution in [1.29, 1.82) is 0 Å². The third kappa shape index (κ3) is 1.39. The summed E-state index contributed by atoms with van der Waals surface area (Å²) in [5.74, 6) is 0.689. The second-order valence-electron chi connectivity index (χ2n) is 4.21. The second kappa shape index (κ2) is 3.49. The van der Waals surface area contributed by atoms with E-state index in [1.54, 1.807) is 4.52 Å². The molecule has 5 heteroatoms. The van der Waals surface area contributed by atoms with Crippen LogP contribution in [0.5, 0.6) is 0 Å². The van der Waals surface area contributed by atoms with Crippen LogP contribution in [-0.2, 0) is 0 Å². The zero-order valence-electron chi connectivity index (χ0n) is 9.75. The standard InChI is InChI=1S/C12H13N5/c1-7(13)11-14-15-12-10-6-4-3-5-9(10)8(2)16-17(11)12/h3-7H,13H2,1-2H3. The van der Waals surface area contributed by atoms with Crippen LogP contribution in [-0.4, -0.2) is 19.8 Å². The van der Waals surface area contributed by atoms with Crippen LogP contribution in [0, 0.1) is 6.92 Å². The minimum atomic E-state index is -0.182. The highest BCUT2D eigenvalue weighted by Gasteiger charge is 2.14. The molecule has 0 aliphatic heterocycles. The summed E-state index contributed by atoms with van der Waals surface area (Å²) >= 11 is 0. The van der Waals surface area contributed by atoms with Crippen molar-refractivity contribution in [2.24, 2.45) is 5.73 Å². The minimum Gasteiger partial charge on any atom is -0.321 e. The van der Waals surface area contributed by atoms with Crippen molar-refractivity contribution in [2.75, 3.05) is 0 Å². The molecule has 3 rings (SSSR count). The zero-order chi connectivity index (χ0) is 12.0. The van der Waals surface area contributed by atoms with Gasteiger partial charge in [-0.05, 0) is 13.8 Å². The van der Waals surface area contributed by atoms with E-state index in [0.717, 1.165) is 22.1 Å². The molecule has 0 aliphatic rings. The fourth-order valence-corrected chi connectivity index (χ4v) is 2.04. The first-order valence-electron chi connectivity index (χ1n) is 5.54. The maximum atomic E-state index is 5.86. The highest BCUT2D eigenvalue weighted by molar-refractivity contribution is 5.94. The zero-order valence-corrected chi connectivity index (χ0v) is 9.75. The van der Waals surface area contributed by atoms with Crippen molar-refractivity contribution in [1.82, 2.24) is 19.8 Å². The first-order valence-corrected chi connectivity index (χ1v) is 5.54. The number of nitrogens with zero attached hydrogens (tertiary/aromatic N) is 4. The predicted molar refractivity (Wildman–Crippen MR) is 65.6 cm³/mol. The van der Waals surface area contributed by atoms with E-state index in [-0.39, 0.29) is 6.04 Å². The molecule has 0 saturated heterocycles. The van der Waals surface area contributed by atoms with Gasteiger partial charge in [0.15, 0.2) is 11.5 Å². The fraction of sp³-hybridized carbons (Fsp3) is 0.250. The molecule has 0 radical (unpaired) electrons. The number of fused-ring (bicyclic) bond motifs is 3. The van der Waals surface area contributed by atoms with Crippen LogP contribution in [0.3, 0.4) is 0 Å². The van der Waals surface area contributed by atoms with Crippen molar-refractivity contribution in [2.45, 2.75) is 19.9 Å². The van der Waals surface area contributed by atoms with Crippen molar-refractivity contribution in [3.8, 4) is 0 Å². The molecule has 0 bridgehead atoms. The van der Waals surface area contributed by atoms with E-state index in [1.807, 2.05) is 38.1 Å². The first-order chi connectivity index (χ1) is 8.18. The number of benzene rings is 1. The lowest BCUT2D eigenvalue weighted by Gasteiger charge is -2.05. The van der Waals surface area contributed by atoms with Gasteiger partial charge in [0.25, 0.3) is 0 Å². The smallest absolute Gasteiger partial charge is 0.185 e. The van der Waals surface area contributed by atoms with Gasteiger partial charge in [0.1, 0.15) is 0 Å². The summed E-state index contributed by atoms with van der Waals surface area (Å²) in [5, 5.41) is 14.9. The van der Waals surface area contributed by atoms with E-state index >= 15 is 0 Å². The molecule has 5 nitrogen and oxygen atoms in total. The number of nitrogens with two attached hydrogens (primary N) is 1. The summed E-state index contributed by atoms with van der Waals surface area (Å²) in [6, 6.07) is 7.87. The molecule has 86 valence electrons. The largest absolute Gasteiger partial charge is 0.321 e. The molecule has 0 amide bonds. The lowest BCUT2D eigenvalue weighted by atomic mass is 10.1. The summed E-state index contributed by atoms with van der Waals surface area (Å²) in [6.45, 7) is 3.86. The summed E-state index contributed by atoms with van der Waals surface area (Å²) in [4.78, 5) is 0. The second-order valence-corrected chi connectivity index (χ2v) is 4.21. The molecule has 2 heterocycles. The van der Waals surface area contributed by atoms with Gasteiger partial charge in [0, 0.05) is 10.8 Å². The SMILES string of the molecule is Cc1nn2c(C(C)N)nnc2c2ccccc12. The van der Waals surface area contributed by atoms with Gasteiger partial charge in [-0.3, -0.25) is 0 Å². The summed E-state index contributed by atoms with van der Waals surface area (Å²) < 4.78 is 1.74. The van der Waals surface area contributed by atoms with Crippen molar-refractivity contribution in [3.05, 3.63) is 35.8 Å². The number of hydrogen-bond donors (Lipinski definition) is 1. The third-order valence-electron chi connectivity index (χ3n) is 2.88. The van der Waals surface area contributed by atoms with Gasteiger partial charge < -0.3 is 5.73 Å². The van der Waals surface area contributed by atoms with Crippen LogP contribution in [0.1, 0.15) is 24.5 Å². The molecule has 1 atom stereocenters. The number of aromatic nitrogens is 4. The quantitative estimate of drug-likeness (QED) is 0.685. The molecule has 17 heavy (non-hydrogen) atoms. The van der Waals surface area contributed by atoms with Crippen LogP contribution < -0.4 is 5.73 Å². The van der Waals surface area contributed by atoms with E-state index in [2.05, 4.69) is 15.3 Å². The molecule has 0 saturated carbocycles. The summed E-state index contributed by atoms with van der Waals surface area (Å²) in [5.41, 5.74) is 7.57. The van der Waals surface area contributed by atoms with Gasteiger partial charge in [0.2, 0.25) is 0 Å². The lowest BCUT2D eigenvalue weighted by molar-refractivity contribution is 0.692. The summed E-state index contributed by atoms with van der Waals surface area (Å²) in [7, 11) is 0. The average molecular weight is 227 g/mol. The molecule has 2 N–H and O–H groups in total. The van der Waals surface area contributed by atoms with Gasteiger partial charge in [-0.15, -0.1) is 10.2 Å². The Balaban J connectivity index is 2.50. The Labute approximate surface area is 98.3 Å². The maximum Gasteiger partial charge on any atom is 0.185 e. The maximum absolute atomic E-state index is 5.86. The Morgan fingerprint density at radius 3 is 2.59 bits per heavy atom. The van der Waals surface area contributed by atoms with Gasteiger partial charge >= 0.3 is 0 Å². The van der Waals surface area contributed by atoms with E-state index < -0.39 is 0 Å². The molecule has 1 aromatic carbocycles. The lowest BCUT2D eigenvalue weighted by Crippen LogP contribution is -2.11. The molecule has 0 aliphatic carbocycles. The number of aryl methyl sites for hydroxylation is 1. The Morgan fingerprint density at radius 2 is 1.88 bits per heavy atom. The van der Waals surface area contributed by atoms with E-state index in [4.69, 9.17) is 5.73 Å². The normalized spacial score (nSPS) is 13.4. The monoisotopic (exact) mass is 227 g/mol. The van der Waals surface area contributed by atoms with Crippen LogP contribution in [0.25, 0.3) is 16.4 Å². The predicted octanol–water partition coefficient (Wildman–Crippen LogP) is 1.61. The average Bonchev–Trinajstić information content (AvgIpc) is 2.73. The third-order valence-corrected chi connectivity index (χ3v) is 2.88. The number of rotatable bonds is 1. The Kier molecular flexibility index (Phi) is 2.09. The molecule has 3 aromatic rings. The number of hydrogen-bond acceptors (Lipinski definition) is 4. The first kappa shape index (κ1) is 10.2. The Hall–Kier alpha value is -2.01. The highest BCUT2D eigenvalue weighted by atomic mass is 15.4. The van der Waals surface area contributed by atoms with Crippen LogP contribution in [0.15, 0.2) is 24.3 Å². The van der Waals surface area contributed by atoms with Gasteiger partial charge in [-0.25, -0.2) is 0 Å². The van der Waals surface area contributed by atoms with Crippen LogP contribution in [0.4, 0.5) is 0 Å². The van der Waals surface area contributed by atoms with Crippen molar-refractivity contribution >= 4 is 16.4 Å². The molecular formula is C12H13N5. The van der Waals surface area contributed by atoms with Crippen LogP contribution >= 0.6 is 0 Å². The molecule has 0 fully saturated rings. The Bertz CT molecular complexity index is 699. The van der Waals surface area contributed by atoms with Crippen molar-refractivity contribution in [3.63, 3.8) is 0 Å². The molecule has 0 spiro atoms. The van der Waals surface area contributed by atoms with E-state index in [0.29, 0.717) is 5.82 Å². The molecular weight excluding hydrogens is 214 g/mol. The van der Waals surface area contributed by atoms with Gasteiger partial charge in [-0.2, -0.15) is 9.61 Å². The minimum absolute atomic E-state index is 0.182. The highest BCUT2D eigenvalue weighted by Crippen LogP contribution is 2.21. The van der Waals surface area contributed by atoms with Crippen LogP contribution in [0.2, 0.25) is 0 Å². The Morgan fingerprint density at radius 1 is 1.18 bits per heavy atom.